The van der Waals surface area contributed by atoms with Crippen LogP contribution in [0.25, 0.3) is 11.5 Å². The van der Waals surface area contributed by atoms with Crippen molar-refractivity contribution in [3.8, 4) is 11.5 Å². The van der Waals surface area contributed by atoms with Crippen LogP contribution in [0.2, 0.25) is 0 Å². The van der Waals surface area contributed by atoms with Crippen LogP contribution in [0.1, 0.15) is 29.8 Å². The van der Waals surface area contributed by atoms with E-state index in [4.69, 9.17) is 9.72 Å². The Kier molecular flexibility index (Phi) is 5.05. The molecule has 28 heavy (non-hydrogen) atoms. The first-order valence-corrected chi connectivity index (χ1v) is 9.44. The van der Waals surface area contributed by atoms with Crippen molar-refractivity contribution < 1.29 is 9.13 Å². The Labute approximate surface area is 164 Å². The predicted molar refractivity (Wildman–Crippen MR) is 107 cm³/mol. The Bertz CT molecular complexity index is 962. The van der Waals surface area contributed by atoms with Gasteiger partial charge in [0.2, 0.25) is 0 Å². The summed E-state index contributed by atoms with van der Waals surface area (Å²) in [4.78, 5) is 16.1. The molecule has 2 aromatic heterocycles. The Morgan fingerprint density at radius 1 is 1.04 bits per heavy atom. The largest absolute Gasteiger partial charge is 0.367 e. The molecular weight excluding hydrogens is 355 g/mol. The zero-order chi connectivity index (χ0) is 19.7. The van der Waals surface area contributed by atoms with Crippen molar-refractivity contribution in [1.29, 1.82) is 0 Å². The fraction of sp³-hybridized carbons (Fsp3) is 0.318. The number of anilines is 1. The molecule has 0 bridgehead atoms. The van der Waals surface area contributed by atoms with E-state index in [9.17, 15) is 4.39 Å². The molecule has 1 aliphatic heterocycles. The minimum Gasteiger partial charge on any atom is -0.367 e. The SMILES string of the molecule is Cc1nc(-c2ccccn2)nc(N2CC(C)OC(c3ccc(F)cc3)C2)c1C. The molecule has 144 valence electrons. The van der Waals surface area contributed by atoms with Gasteiger partial charge in [0.05, 0.1) is 6.10 Å². The first-order valence-electron chi connectivity index (χ1n) is 9.44. The van der Waals surface area contributed by atoms with Gasteiger partial charge in [-0.25, -0.2) is 14.4 Å². The highest BCUT2D eigenvalue weighted by Gasteiger charge is 2.29. The Morgan fingerprint density at radius 2 is 1.82 bits per heavy atom. The van der Waals surface area contributed by atoms with Gasteiger partial charge in [0.25, 0.3) is 0 Å². The van der Waals surface area contributed by atoms with Gasteiger partial charge >= 0.3 is 0 Å². The molecule has 4 rings (SSSR count). The van der Waals surface area contributed by atoms with E-state index in [1.807, 2.05) is 39.0 Å². The first-order chi connectivity index (χ1) is 13.5. The smallest absolute Gasteiger partial charge is 0.180 e. The molecule has 0 N–H and O–H groups in total. The van der Waals surface area contributed by atoms with E-state index in [0.717, 1.165) is 34.9 Å². The maximum atomic E-state index is 13.3. The third-order valence-corrected chi connectivity index (χ3v) is 5.06. The number of halogens is 1. The number of hydrogen-bond acceptors (Lipinski definition) is 5. The predicted octanol–water partition coefficient (Wildman–Crippen LogP) is 4.26. The van der Waals surface area contributed by atoms with Crippen LogP contribution in [0, 0.1) is 19.7 Å². The van der Waals surface area contributed by atoms with E-state index in [1.165, 1.54) is 12.1 Å². The molecule has 1 fully saturated rings. The quantitative estimate of drug-likeness (QED) is 0.682. The third-order valence-electron chi connectivity index (χ3n) is 5.06. The molecule has 2 atom stereocenters. The topological polar surface area (TPSA) is 51.1 Å². The van der Waals surface area contributed by atoms with Crippen LogP contribution < -0.4 is 4.90 Å². The lowest BCUT2D eigenvalue weighted by atomic mass is 10.1. The molecule has 3 heterocycles. The normalized spacial score (nSPS) is 19.6. The zero-order valence-corrected chi connectivity index (χ0v) is 16.3. The summed E-state index contributed by atoms with van der Waals surface area (Å²) < 4.78 is 19.4. The molecule has 0 aliphatic carbocycles. The van der Waals surface area contributed by atoms with E-state index in [1.54, 1.807) is 18.3 Å². The molecule has 0 saturated carbocycles. The van der Waals surface area contributed by atoms with Gasteiger partial charge in [-0.15, -0.1) is 0 Å². The minimum absolute atomic E-state index is 0.0248. The highest BCUT2D eigenvalue weighted by atomic mass is 19.1. The fourth-order valence-corrected chi connectivity index (χ4v) is 3.52. The number of pyridine rings is 1. The summed E-state index contributed by atoms with van der Waals surface area (Å²) in [6.07, 6.45) is 1.63. The van der Waals surface area contributed by atoms with Gasteiger partial charge in [-0.1, -0.05) is 18.2 Å². The number of ether oxygens (including phenoxy) is 1. The average molecular weight is 378 g/mol. The van der Waals surface area contributed by atoms with Crippen molar-refractivity contribution in [2.45, 2.75) is 33.0 Å². The van der Waals surface area contributed by atoms with Crippen LogP contribution in [0.3, 0.4) is 0 Å². The van der Waals surface area contributed by atoms with E-state index in [-0.39, 0.29) is 18.0 Å². The van der Waals surface area contributed by atoms with Gasteiger partial charge in [-0.05, 0) is 50.6 Å². The maximum absolute atomic E-state index is 13.3. The lowest BCUT2D eigenvalue weighted by Gasteiger charge is -2.38. The highest BCUT2D eigenvalue weighted by molar-refractivity contribution is 5.57. The number of nitrogens with zero attached hydrogens (tertiary/aromatic N) is 4. The van der Waals surface area contributed by atoms with E-state index < -0.39 is 0 Å². The molecule has 1 aliphatic rings. The summed E-state index contributed by atoms with van der Waals surface area (Å²) in [6, 6.07) is 12.2. The van der Waals surface area contributed by atoms with Gasteiger partial charge in [0.15, 0.2) is 5.82 Å². The summed E-state index contributed by atoms with van der Waals surface area (Å²) in [5.74, 6) is 1.28. The highest BCUT2D eigenvalue weighted by Crippen LogP contribution is 2.31. The van der Waals surface area contributed by atoms with Crippen LogP contribution in [-0.2, 0) is 4.74 Å². The second kappa shape index (κ2) is 7.64. The molecule has 2 unspecified atom stereocenters. The number of hydrogen-bond donors (Lipinski definition) is 0. The van der Waals surface area contributed by atoms with Crippen LogP contribution >= 0.6 is 0 Å². The van der Waals surface area contributed by atoms with Crippen molar-refractivity contribution >= 4 is 5.82 Å². The summed E-state index contributed by atoms with van der Waals surface area (Å²) in [6.45, 7) is 7.46. The second-order valence-electron chi connectivity index (χ2n) is 7.19. The number of benzene rings is 1. The van der Waals surface area contributed by atoms with Crippen molar-refractivity contribution in [3.63, 3.8) is 0 Å². The molecule has 0 amide bonds. The zero-order valence-electron chi connectivity index (χ0n) is 16.3. The molecule has 1 aromatic carbocycles. The van der Waals surface area contributed by atoms with Gasteiger partial charge in [-0.2, -0.15) is 0 Å². The van der Waals surface area contributed by atoms with Crippen molar-refractivity contribution in [3.05, 3.63) is 71.3 Å². The van der Waals surface area contributed by atoms with Crippen LogP contribution in [0.4, 0.5) is 10.2 Å². The second-order valence-corrected chi connectivity index (χ2v) is 7.19. The van der Waals surface area contributed by atoms with Crippen LogP contribution in [0.15, 0.2) is 48.7 Å². The number of morpholine rings is 1. The minimum atomic E-state index is -0.244. The van der Waals surface area contributed by atoms with Crippen molar-refractivity contribution in [1.82, 2.24) is 15.0 Å². The molecule has 5 nitrogen and oxygen atoms in total. The van der Waals surface area contributed by atoms with Crippen molar-refractivity contribution in [2.24, 2.45) is 0 Å². The van der Waals surface area contributed by atoms with Crippen molar-refractivity contribution in [2.75, 3.05) is 18.0 Å². The Hall–Kier alpha value is -2.86. The van der Waals surface area contributed by atoms with Crippen LogP contribution in [-0.4, -0.2) is 34.1 Å². The molecule has 3 aromatic rings. The Morgan fingerprint density at radius 3 is 2.54 bits per heavy atom. The summed E-state index contributed by atoms with van der Waals surface area (Å²) in [5.41, 5.74) is 3.70. The monoisotopic (exact) mass is 378 g/mol. The summed E-state index contributed by atoms with van der Waals surface area (Å²) in [7, 11) is 0. The van der Waals surface area contributed by atoms with Gasteiger partial charge in [0.1, 0.15) is 23.4 Å². The maximum Gasteiger partial charge on any atom is 0.180 e. The van der Waals surface area contributed by atoms with E-state index >= 15 is 0 Å². The van der Waals surface area contributed by atoms with E-state index in [2.05, 4.69) is 14.9 Å². The number of rotatable bonds is 3. The number of aryl methyl sites for hydroxylation is 1. The van der Waals surface area contributed by atoms with Gasteiger partial charge in [0, 0.05) is 30.5 Å². The summed E-state index contributed by atoms with van der Waals surface area (Å²) in [5, 5.41) is 0. The van der Waals surface area contributed by atoms with Gasteiger partial charge in [-0.3, -0.25) is 4.98 Å². The van der Waals surface area contributed by atoms with Gasteiger partial charge < -0.3 is 9.64 Å². The van der Waals surface area contributed by atoms with E-state index in [0.29, 0.717) is 12.4 Å². The molecular formula is C22H23FN4O. The van der Waals surface area contributed by atoms with Crippen LogP contribution in [0.5, 0.6) is 0 Å². The lowest BCUT2D eigenvalue weighted by Crippen LogP contribution is -2.43. The molecule has 6 heteroatoms. The Balaban J connectivity index is 1.69. The standard InChI is InChI=1S/C22H23FN4O/c1-14-12-27(13-20(28-14)17-7-9-18(23)10-8-17)22-15(2)16(3)25-21(26-22)19-6-4-5-11-24-19/h4-11,14,20H,12-13H2,1-3H3. The molecule has 0 spiro atoms. The lowest BCUT2D eigenvalue weighted by molar-refractivity contribution is -0.0176. The average Bonchev–Trinajstić information content (AvgIpc) is 2.70. The third kappa shape index (κ3) is 3.73. The summed E-state index contributed by atoms with van der Waals surface area (Å²) >= 11 is 0. The molecule has 0 radical (unpaired) electrons. The molecule has 1 saturated heterocycles. The first kappa shape index (κ1) is 18.5. The number of aromatic nitrogens is 3. The fourth-order valence-electron chi connectivity index (χ4n) is 3.52.